The molecular weight excluding hydrogens is 462 g/mol. The molecule has 0 fully saturated rings. The summed E-state index contributed by atoms with van der Waals surface area (Å²) in [6, 6.07) is 10.9. The number of alkyl halides is 2. The number of hydrogen-bond acceptors (Lipinski definition) is 2. The molecule has 0 bridgehead atoms. The Labute approximate surface area is 182 Å². The summed E-state index contributed by atoms with van der Waals surface area (Å²) < 4.78 is 59.8. The van der Waals surface area contributed by atoms with Gasteiger partial charge in [-0.25, -0.2) is 17.6 Å². The fourth-order valence-corrected chi connectivity index (χ4v) is 3.41. The molecule has 1 aliphatic rings. The summed E-state index contributed by atoms with van der Waals surface area (Å²) in [5, 5.41) is 0. The summed E-state index contributed by atoms with van der Waals surface area (Å²) in [6.45, 7) is 6.99. The van der Waals surface area contributed by atoms with Gasteiger partial charge in [-0.3, -0.25) is 0 Å². The number of halogens is 5. The van der Waals surface area contributed by atoms with E-state index >= 15 is 0 Å². The van der Waals surface area contributed by atoms with Crippen LogP contribution in [0.1, 0.15) is 25.0 Å². The van der Waals surface area contributed by atoms with E-state index in [0.717, 1.165) is 17.7 Å². The van der Waals surface area contributed by atoms with Crippen molar-refractivity contribution < 1.29 is 22.3 Å². The van der Waals surface area contributed by atoms with Gasteiger partial charge < -0.3 is 9.64 Å². The van der Waals surface area contributed by atoms with Crippen LogP contribution in [-0.4, -0.2) is 25.0 Å². The molecule has 0 atom stereocenters. The van der Waals surface area contributed by atoms with Gasteiger partial charge in [0.05, 0.1) is 11.3 Å². The summed E-state index contributed by atoms with van der Waals surface area (Å²) in [4.78, 5) is 1.58. The van der Waals surface area contributed by atoms with Gasteiger partial charge in [-0.15, -0.1) is 0 Å². The Balaban J connectivity index is 0.00000155. The smallest absolute Gasteiger partial charge is 0.272 e. The minimum absolute atomic E-state index is 0.273. The van der Waals surface area contributed by atoms with Crippen LogP contribution in [0.5, 0.6) is 5.75 Å². The number of rotatable bonds is 5. The zero-order chi connectivity index (χ0) is 22.4. The first-order valence-corrected chi connectivity index (χ1v) is 10.1. The van der Waals surface area contributed by atoms with Gasteiger partial charge in [-0.1, -0.05) is 50.8 Å². The summed E-state index contributed by atoms with van der Waals surface area (Å²) in [6.07, 6.45) is -0.999. The minimum atomic E-state index is -2.74. The van der Waals surface area contributed by atoms with Gasteiger partial charge in [0, 0.05) is 34.9 Å². The van der Waals surface area contributed by atoms with Crippen molar-refractivity contribution in [3.63, 3.8) is 0 Å². The van der Waals surface area contributed by atoms with Crippen molar-refractivity contribution in [2.24, 2.45) is 0 Å². The maximum Gasteiger partial charge on any atom is 0.272 e. The topological polar surface area (TPSA) is 12.5 Å². The van der Waals surface area contributed by atoms with Crippen LogP contribution in [0.15, 0.2) is 65.3 Å². The Morgan fingerprint density at radius 1 is 1.07 bits per heavy atom. The molecule has 0 aliphatic carbocycles. The average Bonchev–Trinajstić information content (AvgIpc) is 2.73. The van der Waals surface area contributed by atoms with Crippen molar-refractivity contribution in [2.75, 3.05) is 13.7 Å². The van der Waals surface area contributed by atoms with Gasteiger partial charge in [-0.05, 0) is 27.6 Å². The van der Waals surface area contributed by atoms with Gasteiger partial charge in [0.25, 0.3) is 6.43 Å². The van der Waals surface area contributed by atoms with E-state index in [9.17, 15) is 17.6 Å². The third kappa shape index (κ3) is 5.14. The van der Waals surface area contributed by atoms with Gasteiger partial charge in [0.2, 0.25) is 0 Å². The molecule has 0 aromatic heterocycles. The van der Waals surface area contributed by atoms with Gasteiger partial charge in [0.1, 0.15) is 24.0 Å². The normalized spacial score (nSPS) is 13.8. The second-order valence-electron chi connectivity index (χ2n) is 6.09. The zero-order valence-corrected chi connectivity index (χ0v) is 18.4. The van der Waals surface area contributed by atoms with Crippen molar-refractivity contribution in [1.82, 2.24) is 4.90 Å². The second-order valence-corrected chi connectivity index (χ2v) is 6.94. The third-order valence-corrected chi connectivity index (χ3v) is 4.94. The number of nitrogens with zero attached hydrogens (tertiary/aromatic N) is 1. The standard InChI is InChI=1S/C21H16BrF4NO.C2H6/c1-12-16(22)10-15(13-6-4-3-5-7-13)21(27(12)2)20-17(23)8-14(9-18(20)24)28-11-19(25)26;1-2/h3-10,19H,1,11H2,2H3;1-2H3. The lowest BCUT2D eigenvalue weighted by molar-refractivity contribution is 0.0815. The van der Waals surface area contributed by atoms with E-state index in [-0.39, 0.29) is 17.0 Å². The Bertz CT molecular complexity index is 947. The highest BCUT2D eigenvalue weighted by Crippen LogP contribution is 2.42. The van der Waals surface area contributed by atoms with E-state index in [1.54, 1.807) is 18.0 Å². The molecule has 0 spiro atoms. The Kier molecular flexibility index (Phi) is 8.29. The Morgan fingerprint density at radius 3 is 2.17 bits per heavy atom. The number of hydrogen-bond donors (Lipinski definition) is 0. The molecule has 0 N–H and O–H groups in total. The van der Waals surface area contributed by atoms with Crippen molar-refractivity contribution in [2.45, 2.75) is 20.3 Å². The number of benzene rings is 2. The molecule has 2 nitrogen and oxygen atoms in total. The van der Waals surface area contributed by atoms with Crippen LogP contribution in [-0.2, 0) is 0 Å². The minimum Gasteiger partial charge on any atom is -0.487 e. The third-order valence-electron chi connectivity index (χ3n) is 4.26. The molecule has 30 heavy (non-hydrogen) atoms. The molecule has 2 aromatic carbocycles. The van der Waals surface area contributed by atoms with Gasteiger partial charge >= 0.3 is 0 Å². The average molecular weight is 484 g/mol. The molecular formula is C23H22BrF4NO. The first kappa shape index (κ1) is 23.7. The Hall–Kier alpha value is -2.54. The summed E-state index contributed by atoms with van der Waals surface area (Å²) in [7, 11) is 1.65. The van der Waals surface area contributed by atoms with Crippen LogP contribution in [0.3, 0.4) is 0 Å². The molecule has 1 aliphatic heterocycles. The van der Waals surface area contributed by atoms with Crippen molar-refractivity contribution in [3.8, 4) is 5.75 Å². The molecule has 0 radical (unpaired) electrons. The lowest BCUT2D eigenvalue weighted by Gasteiger charge is -2.31. The zero-order valence-electron chi connectivity index (χ0n) is 16.9. The van der Waals surface area contributed by atoms with Crippen LogP contribution in [0, 0.1) is 11.6 Å². The molecule has 1 heterocycles. The lowest BCUT2D eigenvalue weighted by atomic mass is 9.94. The van der Waals surface area contributed by atoms with Crippen LogP contribution >= 0.6 is 15.9 Å². The van der Waals surface area contributed by atoms with E-state index in [1.807, 2.05) is 44.2 Å². The van der Waals surface area contributed by atoms with Gasteiger partial charge in [-0.2, -0.15) is 0 Å². The van der Waals surface area contributed by atoms with Crippen molar-refractivity contribution in [1.29, 1.82) is 0 Å². The summed E-state index contributed by atoms with van der Waals surface area (Å²) in [5.41, 5.74) is 1.84. The lowest BCUT2D eigenvalue weighted by Crippen LogP contribution is -2.22. The predicted octanol–water partition coefficient (Wildman–Crippen LogP) is 7.24. The molecule has 0 saturated heterocycles. The van der Waals surface area contributed by atoms with E-state index in [4.69, 9.17) is 4.74 Å². The fraction of sp³-hybridized carbons (Fsp3) is 0.217. The maximum absolute atomic E-state index is 14.9. The van der Waals surface area contributed by atoms with Crippen LogP contribution in [0.4, 0.5) is 17.6 Å². The van der Waals surface area contributed by atoms with Crippen LogP contribution in [0.25, 0.3) is 11.3 Å². The SMILES string of the molecule is C=C1C(Br)=CC(c2ccccc2)=C(c2c(F)cc(OCC(F)F)cc2F)N1C.CC. The van der Waals surface area contributed by atoms with Crippen LogP contribution in [0.2, 0.25) is 0 Å². The second kappa shape index (κ2) is 10.5. The predicted molar refractivity (Wildman–Crippen MR) is 116 cm³/mol. The molecule has 0 amide bonds. The molecule has 160 valence electrons. The number of likely N-dealkylation sites (N-methyl/N-ethyl adjacent to an activating group) is 1. The van der Waals surface area contributed by atoms with E-state index in [0.29, 0.717) is 15.8 Å². The van der Waals surface area contributed by atoms with E-state index in [2.05, 4.69) is 22.5 Å². The maximum atomic E-state index is 14.9. The van der Waals surface area contributed by atoms with E-state index in [1.165, 1.54) is 0 Å². The quantitative estimate of drug-likeness (QED) is 0.415. The van der Waals surface area contributed by atoms with Crippen LogP contribution < -0.4 is 4.74 Å². The highest BCUT2D eigenvalue weighted by molar-refractivity contribution is 9.12. The first-order valence-electron chi connectivity index (χ1n) is 9.30. The summed E-state index contributed by atoms with van der Waals surface area (Å²) >= 11 is 3.42. The first-order chi connectivity index (χ1) is 14.3. The summed E-state index contributed by atoms with van der Waals surface area (Å²) in [5.74, 6) is -2.13. The Morgan fingerprint density at radius 2 is 1.63 bits per heavy atom. The largest absolute Gasteiger partial charge is 0.487 e. The molecule has 0 saturated carbocycles. The highest BCUT2D eigenvalue weighted by atomic mass is 79.9. The molecule has 2 aromatic rings. The number of ether oxygens (including phenoxy) is 1. The molecule has 3 rings (SSSR count). The monoisotopic (exact) mass is 483 g/mol. The highest BCUT2D eigenvalue weighted by Gasteiger charge is 2.28. The molecule has 7 heteroatoms. The van der Waals surface area contributed by atoms with Crippen molar-refractivity contribution >= 4 is 27.2 Å². The fourth-order valence-electron chi connectivity index (χ4n) is 2.91. The molecule has 0 unspecified atom stereocenters. The van der Waals surface area contributed by atoms with E-state index < -0.39 is 24.7 Å². The number of allylic oxidation sites excluding steroid dienone is 3. The van der Waals surface area contributed by atoms with Gasteiger partial charge in [0.15, 0.2) is 0 Å². The van der Waals surface area contributed by atoms with Crippen molar-refractivity contribution in [3.05, 3.63) is 88.1 Å².